The van der Waals surface area contributed by atoms with Crippen molar-refractivity contribution in [2.24, 2.45) is 0 Å². The molecule has 0 aromatic carbocycles. The molecule has 0 N–H and O–H groups in total. The van der Waals surface area contributed by atoms with Crippen LogP contribution in [0.25, 0.3) is 0 Å². The third-order valence-electron chi connectivity index (χ3n) is 4.97. The first-order valence-electron chi connectivity index (χ1n) is 8.35. The van der Waals surface area contributed by atoms with E-state index in [2.05, 4.69) is 15.1 Å². The van der Waals surface area contributed by atoms with Crippen LogP contribution in [0, 0.1) is 0 Å². The second-order valence-corrected chi connectivity index (χ2v) is 7.20. The van der Waals surface area contributed by atoms with Gasteiger partial charge in [0.25, 0.3) is 5.91 Å². The number of likely N-dealkylation sites (tertiary alicyclic amines) is 1. The lowest BCUT2D eigenvalue weighted by Gasteiger charge is -2.33. The van der Waals surface area contributed by atoms with Gasteiger partial charge in [0.15, 0.2) is 5.82 Å². The first kappa shape index (κ1) is 14.8. The van der Waals surface area contributed by atoms with E-state index in [0.717, 1.165) is 49.2 Å². The number of thiazole rings is 1. The van der Waals surface area contributed by atoms with Crippen molar-refractivity contribution in [2.45, 2.75) is 56.9 Å². The topological polar surface area (TPSA) is 72.1 Å². The maximum absolute atomic E-state index is 13.2. The Morgan fingerprint density at radius 3 is 2.78 bits per heavy atom. The molecular formula is C16H20N4O2S. The smallest absolute Gasteiger partial charge is 0.266 e. The highest BCUT2D eigenvalue weighted by molar-refractivity contribution is 7.11. The molecule has 1 aliphatic heterocycles. The number of carbonyl (C=O) groups is 1. The molecule has 0 bridgehead atoms. The van der Waals surface area contributed by atoms with Crippen molar-refractivity contribution in [3.8, 4) is 0 Å². The van der Waals surface area contributed by atoms with Gasteiger partial charge in [-0.2, -0.15) is 4.98 Å². The Morgan fingerprint density at radius 2 is 2.00 bits per heavy atom. The Balaban J connectivity index is 1.61. The van der Waals surface area contributed by atoms with Gasteiger partial charge in [-0.1, -0.05) is 18.0 Å². The van der Waals surface area contributed by atoms with Gasteiger partial charge in [-0.25, -0.2) is 4.98 Å². The lowest BCUT2D eigenvalue weighted by Crippen LogP contribution is -2.39. The van der Waals surface area contributed by atoms with Crippen molar-refractivity contribution in [1.29, 1.82) is 0 Å². The molecule has 6 nitrogen and oxygen atoms in total. The van der Waals surface area contributed by atoms with Gasteiger partial charge in [-0.15, -0.1) is 11.3 Å². The second kappa shape index (κ2) is 6.39. The van der Waals surface area contributed by atoms with Crippen LogP contribution >= 0.6 is 11.3 Å². The minimum absolute atomic E-state index is 0.0754. The normalized spacial score (nSPS) is 22.6. The summed E-state index contributed by atoms with van der Waals surface area (Å²) in [6.07, 6.45) is 9.12. The molecule has 0 radical (unpaired) electrons. The van der Waals surface area contributed by atoms with E-state index in [1.54, 1.807) is 0 Å². The Bertz CT molecular complexity index is 663. The number of hydrogen-bond donors (Lipinski definition) is 0. The number of nitrogens with zero attached hydrogens (tertiary/aromatic N) is 4. The Morgan fingerprint density at radius 1 is 1.17 bits per heavy atom. The lowest BCUT2D eigenvalue weighted by molar-refractivity contribution is 0.0600. The quantitative estimate of drug-likeness (QED) is 0.859. The van der Waals surface area contributed by atoms with E-state index in [-0.39, 0.29) is 11.9 Å². The molecule has 2 aromatic heterocycles. The highest BCUT2D eigenvalue weighted by Crippen LogP contribution is 2.38. The van der Waals surface area contributed by atoms with E-state index in [1.807, 2.05) is 10.4 Å². The van der Waals surface area contributed by atoms with Crippen LogP contribution in [0.3, 0.4) is 0 Å². The maximum atomic E-state index is 13.2. The summed E-state index contributed by atoms with van der Waals surface area (Å²) in [5.41, 5.74) is 2.82. The fraction of sp³-hybridized carbons (Fsp3) is 0.625. The summed E-state index contributed by atoms with van der Waals surface area (Å²) in [4.78, 5) is 24.6. The molecule has 1 saturated heterocycles. The number of rotatable bonds is 3. The highest BCUT2D eigenvalue weighted by atomic mass is 32.1. The largest absolute Gasteiger partial charge is 0.343 e. The first-order valence-corrected chi connectivity index (χ1v) is 9.23. The fourth-order valence-corrected chi connectivity index (χ4v) is 4.63. The van der Waals surface area contributed by atoms with Crippen molar-refractivity contribution in [3.05, 3.63) is 28.3 Å². The molecule has 1 amide bonds. The molecule has 0 spiro atoms. The zero-order chi connectivity index (χ0) is 15.6. The molecule has 3 heterocycles. The van der Waals surface area contributed by atoms with Gasteiger partial charge in [-0.3, -0.25) is 4.79 Å². The number of carbonyl (C=O) groups excluding carboxylic acids is 1. The van der Waals surface area contributed by atoms with Gasteiger partial charge < -0.3 is 9.42 Å². The maximum Gasteiger partial charge on any atom is 0.266 e. The molecule has 122 valence electrons. The molecule has 4 rings (SSSR count). The van der Waals surface area contributed by atoms with E-state index in [0.29, 0.717) is 11.7 Å². The predicted octanol–water partition coefficient (Wildman–Crippen LogP) is 3.55. The molecule has 7 heteroatoms. The average molecular weight is 332 g/mol. The fourth-order valence-electron chi connectivity index (χ4n) is 3.80. The molecule has 2 fully saturated rings. The first-order chi connectivity index (χ1) is 11.3. The van der Waals surface area contributed by atoms with Crippen LogP contribution in [0.2, 0.25) is 0 Å². The van der Waals surface area contributed by atoms with Crippen molar-refractivity contribution in [1.82, 2.24) is 20.0 Å². The summed E-state index contributed by atoms with van der Waals surface area (Å²) in [5, 5.41) is 3.96. The summed E-state index contributed by atoms with van der Waals surface area (Å²) < 4.78 is 4.88. The van der Waals surface area contributed by atoms with Crippen LogP contribution in [0.1, 0.15) is 78.1 Å². The highest BCUT2D eigenvalue weighted by Gasteiger charge is 2.34. The number of amides is 1. The third-order valence-corrected chi connectivity index (χ3v) is 5.80. The molecule has 1 atom stereocenters. The third kappa shape index (κ3) is 2.78. The number of piperidine rings is 1. The van der Waals surface area contributed by atoms with Crippen molar-refractivity contribution in [3.63, 3.8) is 0 Å². The molecule has 0 unspecified atom stereocenters. The monoisotopic (exact) mass is 332 g/mol. The number of hydrogen-bond acceptors (Lipinski definition) is 6. The summed E-state index contributed by atoms with van der Waals surface area (Å²) in [5.74, 6) is 1.16. The second-order valence-electron chi connectivity index (χ2n) is 6.35. The van der Waals surface area contributed by atoms with E-state index >= 15 is 0 Å². The van der Waals surface area contributed by atoms with Gasteiger partial charge in [0.1, 0.15) is 4.88 Å². The molecule has 1 saturated carbocycles. The SMILES string of the molecule is O=C(c1scnc1C1CCCC1)N1CCCC[C@H]1c1ncon1. The zero-order valence-corrected chi connectivity index (χ0v) is 13.8. The van der Waals surface area contributed by atoms with Gasteiger partial charge in [-0.05, 0) is 32.1 Å². The Hall–Kier alpha value is -1.76. The summed E-state index contributed by atoms with van der Waals surface area (Å²) in [6, 6.07) is -0.0754. The average Bonchev–Trinajstić information content (AvgIpc) is 3.35. The number of aromatic nitrogens is 3. The molecule has 23 heavy (non-hydrogen) atoms. The van der Waals surface area contributed by atoms with E-state index in [9.17, 15) is 4.79 Å². The molecule has 2 aromatic rings. The van der Waals surface area contributed by atoms with Gasteiger partial charge in [0.2, 0.25) is 6.39 Å². The molecule has 1 aliphatic carbocycles. The van der Waals surface area contributed by atoms with Crippen LogP contribution in [-0.2, 0) is 0 Å². The van der Waals surface area contributed by atoms with E-state index < -0.39 is 0 Å². The Labute approximate surface area is 138 Å². The van der Waals surface area contributed by atoms with Crippen molar-refractivity contribution in [2.75, 3.05) is 6.54 Å². The van der Waals surface area contributed by atoms with Gasteiger partial charge in [0.05, 0.1) is 17.2 Å². The molecular weight excluding hydrogens is 312 g/mol. The van der Waals surface area contributed by atoms with Crippen LogP contribution in [0.4, 0.5) is 0 Å². The summed E-state index contributed by atoms with van der Waals surface area (Å²) in [7, 11) is 0. The van der Waals surface area contributed by atoms with E-state index in [4.69, 9.17) is 4.52 Å². The lowest BCUT2D eigenvalue weighted by atomic mass is 9.99. The summed E-state index contributed by atoms with van der Waals surface area (Å²) >= 11 is 1.47. The van der Waals surface area contributed by atoms with Crippen LogP contribution < -0.4 is 0 Å². The van der Waals surface area contributed by atoms with Gasteiger partial charge >= 0.3 is 0 Å². The van der Waals surface area contributed by atoms with Crippen molar-refractivity contribution < 1.29 is 9.32 Å². The zero-order valence-electron chi connectivity index (χ0n) is 13.0. The predicted molar refractivity (Wildman–Crippen MR) is 85.2 cm³/mol. The standard InChI is InChI=1S/C16H20N4O2S/c21-16(14-13(18-10-23-14)11-5-1-2-6-11)20-8-4-3-7-12(20)15-17-9-22-19-15/h9-12H,1-8H2/t12-/m0/s1. The van der Waals surface area contributed by atoms with Gasteiger partial charge in [0, 0.05) is 12.5 Å². The molecule has 2 aliphatic rings. The summed E-state index contributed by atoms with van der Waals surface area (Å²) in [6.45, 7) is 0.750. The van der Waals surface area contributed by atoms with Crippen LogP contribution in [-0.4, -0.2) is 32.5 Å². The minimum Gasteiger partial charge on any atom is -0.343 e. The minimum atomic E-state index is -0.0754. The van der Waals surface area contributed by atoms with Crippen LogP contribution in [0.5, 0.6) is 0 Å². The van der Waals surface area contributed by atoms with Crippen LogP contribution in [0.15, 0.2) is 16.4 Å². The Kier molecular flexibility index (Phi) is 4.11. The van der Waals surface area contributed by atoms with Crippen molar-refractivity contribution >= 4 is 17.2 Å². The van der Waals surface area contributed by atoms with E-state index in [1.165, 1.54) is 30.6 Å².